The predicted octanol–water partition coefficient (Wildman–Crippen LogP) is 0.0642. The molecule has 4 N–H and O–H groups in total. The lowest BCUT2D eigenvalue weighted by atomic mass is 10.4. The fourth-order valence-corrected chi connectivity index (χ4v) is 2.30. The molecule has 0 bridgehead atoms. The number of nitrogens with one attached hydrogen (secondary N) is 2. The summed E-state index contributed by atoms with van der Waals surface area (Å²) in [5.74, 6) is 0. The summed E-state index contributed by atoms with van der Waals surface area (Å²) in [6.07, 6.45) is 5.46. The van der Waals surface area contributed by atoms with Gasteiger partial charge in [0.05, 0.1) is 18.1 Å². The van der Waals surface area contributed by atoms with Gasteiger partial charge < -0.3 is 10.7 Å². The van der Waals surface area contributed by atoms with Crippen molar-refractivity contribution in [2.45, 2.75) is 11.4 Å². The van der Waals surface area contributed by atoms with Gasteiger partial charge in [0.1, 0.15) is 11.2 Å². The summed E-state index contributed by atoms with van der Waals surface area (Å²) in [5, 5.41) is 0. The van der Waals surface area contributed by atoms with E-state index in [1.165, 1.54) is 31.0 Å². The Hall–Kier alpha value is -1.93. The minimum absolute atomic E-state index is 0.127. The van der Waals surface area contributed by atoms with E-state index in [2.05, 4.69) is 19.7 Å². The van der Waals surface area contributed by atoms with E-state index in [1.807, 2.05) is 0 Å². The Bertz CT molecular complexity index is 593. The highest BCUT2D eigenvalue weighted by Crippen LogP contribution is 2.15. The topological polar surface area (TPSA) is 114 Å². The van der Waals surface area contributed by atoms with E-state index in [4.69, 9.17) is 5.73 Å². The van der Waals surface area contributed by atoms with Crippen molar-refractivity contribution in [3.63, 3.8) is 0 Å². The average Bonchev–Trinajstić information content (AvgIpc) is 2.79. The molecule has 0 aliphatic carbocycles. The number of nitrogens with zero attached hydrogens (tertiary/aromatic N) is 2. The predicted molar refractivity (Wildman–Crippen MR) is 61.5 cm³/mol. The summed E-state index contributed by atoms with van der Waals surface area (Å²) >= 11 is 0. The lowest BCUT2D eigenvalue weighted by Crippen LogP contribution is -2.12. The van der Waals surface area contributed by atoms with Crippen LogP contribution in [0.1, 0.15) is 5.69 Å². The lowest BCUT2D eigenvalue weighted by Gasteiger charge is -2.04. The second-order valence-corrected chi connectivity index (χ2v) is 4.98. The molecule has 0 spiro atoms. The van der Waals surface area contributed by atoms with Crippen molar-refractivity contribution >= 4 is 15.7 Å². The molecule has 2 aromatic heterocycles. The summed E-state index contributed by atoms with van der Waals surface area (Å²) in [5.41, 5.74) is 6.35. The minimum atomic E-state index is -3.62. The Morgan fingerprint density at radius 2 is 2.06 bits per heavy atom. The molecule has 17 heavy (non-hydrogen) atoms. The molecule has 0 radical (unpaired) electrons. The first kappa shape index (κ1) is 11.6. The van der Waals surface area contributed by atoms with E-state index >= 15 is 0 Å². The van der Waals surface area contributed by atoms with Crippen LogP contribution in [0.25, 0.3) is 0 Å². The van der Waals surface area contributed by atoms with Gasteiger partial charge in [0, 0.05) is 18.4 Å². The van der Waals surface area contributed by atoms with Crippen molar-refractivity contribution in [3.8, 4) is 0 Å². The van der Waals surface area contributed by atoms with E-state index in [1.54, 1.807) is 0 Å². The Labute approximate surface area is 98.2 Å². The van der Waals surface area contributed by atoms with Gasteiger partial charge in [0.15, 0.2) is 0 Å². The highest BCUT2D eigenvalue weighted by molar-refractivity contribution is 7.92. The number of hydrogen-bond acceptors (Lipinski definition) is 5. The number of nitrogens with two attached hydrogens (primary N) is 1. The summed E-state index contributed by atoms with van der Waals surface area (Å²) < 4.78 is 26.2. The molecule has 0 saturated heterocycles. The van der Waals surface area contributed by atoms with E-state index in [-0.39, 0.29) is 11.4 Å². The van der Waals surface area contributed by atoms with Crippen LogP contribution in [0.15, 0.2) is 35.9 Å². The standard InChI is InChI=1S/C9H11N5O2S/c10-2-7-1-9(5-13-7)17(15,16)14-8-3-11-6-12-4-8/h1,3-6,13-14H,2,10H2. The van der Waals surface area contributed by atoms with Crippen LogP contribution in [0.5, 0.6) is 0 Å². The van der Waals surface area contributed by atoms with Crippen molar-refractivity contribution in [3.05, 3.63) is 36.7 Å². The second-order valence-electron chi connectivity index (χ2n) is 3.30. The fraction of sp³-hybridized carbons (Fsp3) is 0.111. The van der Waals surface area contributed by atoms with Crippen LogP contribution >= 0.6 is 0 Å². The van der Waals surface area contributed by atoms with Crippen molar-refractivity contribution in [2.24, 2.45) is 5.73 Å². The number of anilines is 1. The molecule has 0 aromatic carbocycles. The number of H-pyrrole nitrogens is 1. The zero-order chi connectivity index (χ0) is 12.3. The molecule has 2 aromatic rings. The van der Waals surface area contributed by atoms with Gasteiger partial charge in [-0.05, 0) is 6.07 Å². The summed E-state index contributed by atoms with van der Waals surface area (Å²) in [4.78, 5) is 10.3. The zero-order valence-electron chi connectivity index (χ0n) is 8.79. The summed E-state index contributed by atoms with van der Waals surface area (Å²) in [6, 6.07) is 1.48. The first-order valence-electron chi connectivity index (χ1n) is 4.77. The Kier molecular flexibility index (Phi) is 3.07. The van der Waals surface area contributed by atoms with Crippen LogP contribution in [0.4, 0.5) is 5.69 Å². The molecule has 2 heterocycles. The Morgan fingerprint density at radius 1 is 1.35 bits per heavy atom. The highest BCUT2D eigenvalue weighted by atomic mass is 32.2. The van der Waals surface area contributed by atoms with Crippen molar-refractivity contribution in [1.29, 1.82) is 0 Å². The van der Waals surface area contributed by atoms with E-state index in [9.17, 15) is 8.42 Å². The van der Waals surface area contributed by atoms with Gasteiger partial charge in [-0.2, -0.15) is 0 Å². The average molecular weight is 253 g/mol. The van der Waals surface area contributed by atoms with Crippen molar-refractivity contribution < 1.29 is 8.42 Å². The van der Waals surface area contributed by atoms with E-state index in [0.29, 0.717) is 11.4 Å². The van der Waals surface area contributed by atoms with Crippen LogP contribution in [0.3, 0.4) is 0 Å². The van der Waals surface area contributed by atoms with Crippen LogP contribution in [0.2, 0.25) is 0 Å². The van der Waals surface area contributed by atoms with Gasteiger partial charge in [-0.25, -0.2) is 18.4 Å². The molecule has 0 saturated carbocycles. The van der Waals surface area contributed by atoms with Crippen LogP contribution in [0, 0.1) is 0 Å². The van der Waals surface area contributed by atoms with Crippen LogP contribution in [-0.2, 0) is 16.6 Å². The molecule has 8 heteroatoms. The lowest BCUT2D eigenvalue weighted by molar-refractivity contribution is 0.601. The van der Waals surface area contributed by atoms with Gasteiger partial charge in [0.2, 0.25) is 0 Å². The molecule has 2 rings (SSSR count). The smallest absolute Gasteiger partial charge is 0.263 e. The first-order valence-corrected chi connectivity index (χ1v) is 6.25. The molecular weight excluding hydrogens is 242 g/mol. The Morgan fingerprint density at radius 3 is 2.65 bits per heavy atom. The maximum absolute atomic E-state index is 11.9. The zero-order valence-corrected chi connectivity index (χ0v) is 9.61. The van der Waals surface area contributed by atoms with Crippen LogP contribution in [-0.4, -0.2) is 23.4 Å². The third-order valence-electron chi connectivity index (χ3n) is 2.06. The normalized spacial score (nSPS) is 11.4. The number of hydrogen-bond donors (Lipinski definition) is 3. The largest absolute Gasteiger partial charge is 0.363 e. The third kappa shape index (κ3) is 2.60. The number of rotatable bonds is 4. The summed E-state index contributed by atoms with van der Waals surface area (Å²) in [6.45, 7) is 0.254. The molecule has 0 aliphatic rings. The highest BCUT2D eigenvalue weighted by Gasteiger charge is 2.15. The van der Waals surface area contributed by atoms with E-state index < -0.39 is 10.0 Å². The fourth-order valence-electron chi connectivity index (χ4n) is 1.26. The third-order valence-corrected chi connectivity index (χ3v) is 3.42. The molecule has 90 valence electrons. The molecule has 0 fully saturated rings. The molecule has 0 amide bonds. The quantitative estimate of drug-likeness (QED) is 0.713. The van der Waals surface area contributed by atoms with Gasteiger partial charge in [-0.1, -0.05) is 0 Å². The molecule has 0 atom stereocenters. The van der Waals surface area contributed by atoms with Gasteiger partial charge in [-0.15, -0.1) is 0 Å². The van der Waals surface area contributed by atoms with Crippen molar-refractivity contribution in [1.82, 2.24) is 15.0 Å². The number of aromatic amines is 1. The molecule has 0 unspecified atom stereocenters. The molecular formula is C9H11N5O2S. The van der Waals surface area contributed by atoms with Crippen molar-refractivity contribution in [2.75, 3.05) is 4.72 Å². The first-order chi connectivity index (χ1) is 8.12. The Balaban J connectivity index is 2.25. The number of sulfonamides is 1. The van der Waals surface area contributed by atoms with Gasteiger partial charge >= 0.3 is 0 Å². The summed E-state index contributed by atoms with van der Waals surface area (Å²) in [7, 11) is -3.62. The maximum Gasteiger partial charge on any atom is 0.263 e. The van der Waals surface area contributed by atoms with Crippen LogP contribution < -0.4 is 10.5 Å². The maximum atomic E-state index is 11.9. The van der Waals surface area contributed by atoms with Gasteiger partial charge in [-0.3, -0.25) is 4.72 Å². The van der Waals surface area contributed by atoms with E-state index in [0.717, 1.165) is 0 Å². The molecule has 7 nitrogen and oxygen atoms in total. The minimum Gasteiger partial charge on any atom is -0.363 e. The van der Waals surface area contributed by atoms with Gasteiger partial charge in [0.25, 0.3) is 10.0 Å². The second kappa shape index (κ2) is 4.52. The number of aromatic nitrogens is 3. The SMILES string of the molecule is NCc1cc(S(=O)(=O)Nc2cncnc2)c[nH]1. The monoisotopic (exact) mass is 253 g/mol. The molecule has 0 aliphatic heterocycles.